The van der Waals surface area contributed by atoms with Crippen molar-refractivity contribution in [2.75, 3.05) is 5.32 Å². The van der Waals surface area contributed by atoms with Gasteiger partial charge in [0.05, 0.1) is 5.56 Å². The molecular formula is C16H22FNO3. The molecule has 0 fully saturated rings. The lowest BCUT2D eigenvalue weighted by molar-refractivity contribution is -0.116. The van der Waals surface area contributed by atoms with Gasteiger partial charge in [0.1, 0.15) is 5.82 Å². The number of amides is 1. The molecule has 0 saturated heterocycles. The number of carbonyl (C=O) groups excluding carboxylic acids is 1. The van der Waals surface area contributed by atoms with E-state index in [1.807, 2.05) is 0 Å². The number of carboxylic acids is 1. The van der Waals surface area contributed by atoms with Gasteiger partial charge in [0.15, 0.2) is 0 Å². The monoisotopic (exact) mass is 295 g/mol. The van der Waals surface area contributed by atoms with Gasteiger partial charge in [-0.2, -0.15) is 0 Å². The molecule has 116 valence electrons. The van der Waals surface area contributed by atoms with E-state index in [0.717, 1.165) is 31.4 Å². The van der Waals surface area contributed by atoms with Gasteiger partial charge in [-0.25, -0.2) is 9.18 Å². The minimum Gasteiger partial charge on any atom is -0.478 e. The normalized spacial score (nSPS) is 10.4. The first-order valence-corrected chi connectivity index (χ1v) is 7.37. The number of hydrogen-bond donors (Lipinski definition) is 2. The number of halogens is 1. The fourth-order valence-corrected chi connectivity index (χ4v) is 2.06. The van der Waals surface area contributed by atoms with Crippen LogP contribution in [-0.4, -0.2) is 17.0 Å². The van der Waals surface area contributed by atoms with Gasteiger partial charge < -0.3 is 10.4 Å². The summed E-state index contributed by atoms with van der Waals surface area (Å²) in [6, 6.07) is 3.58. The molecule has 0 aliphatic heterocycles. The van der Waals surface area contributed by atoms with Gasteiger partial charge in [-0.05, 0) is 24.6 Å². The topological polar surface area (TPSA) is 66.4 Å². The van der Waals surface area contributed by atoms with Crippen LogP contribution in [0.5, 0.6) is 0 Å². The maximum absolute atomic E-state index is 13.4. The molecule has 0 radical (unpaired) electrons. The van der Waals surface area contributed by atoms with Crippen LogP contribution in [0, 0.1) is 5.82 Å². The fourth-order valence-electron chi connectivity index (χ4n) is 2.06. The van der Waals surface area contributed by atoms with Crippen LogP contribution in [0.4, 0.5) is 10.1 Å². The van der Waals surface area contributed by atoms with Crippen molar-refractivity contribution in [1.29, 1.82) is 0 Å². The van der Waals surface area contributed by atoms with E-state index >= 15 is 0 Å². The van der Waals surface area contributed by atoms with Crippen molar-refractivity contribution >= 4 is 17.6 Å². The summed E-state index contributed by atoms with van der Waals surface area (Å²) in [5, 5.41) is 11.3. The molecule has 0 spiro atoms. The molecule has 5 heteroatoms. The van der Waals surface area contributed by atoms with E-state index in [2.05, 4.69) is 12.2 Å². The van der Waals surface area contributed by atoms with E-state index in [1.54, 1.807) is 0 Å². The Kier molecular flexibility index (Phi) is 7.43. The van der Waals surface area contributed by atoms with Crippen LogP contribution >= 0.6 is 0 Å². The number of hydrogen-bond acceptors (Lipinski definition) is 2. The van der Waals surface area contributed by atoms with Crippen LogP contribution in [0.15, 0.2) is 18.2 Å². The standard InChI is InChI=1S/C16H22FNO3/c1-2-3-4-5-6-7-8-15(19)18-12-9-10-13(16(20)21)14(17)11-12/h9-11H,2-8H2,1H3,(H,18,19)(H,20,21). The summed E-state index contributed by atoms with van der Waals surface area (Å²) >= 11 is 0. The summed E-state index contributed by atoms with van der Waals surface area (Å²) in [5.41, 5.74) is -0.114. The third kappa shape index (κ3) is 6.38. The van der Waals surface area contributed by atoms with Crippen molar-refractivity contribution < 1.29 is 19.1 Å². The molecule has 2 N–H and O–H groups in total. The van der Waals surface area contributed by atoms with Gasteiger partial charge in [-0.1, -0.05) is 39.0 Å². The fraction of sp³-hybridized carbons (Fsp3) is 0.500. The lowest BCUT2D eigenvalue weighted by Gasteiger charge is -2.06. The number of nitrogens with one attached hydrogen (secondary N) is 1. The van der Waals surface area contributed by atoms with Crippen LogP contribution < -0.4 is 5.32 Å². The molecule has 0 atom stereocenters. The molecule has 0 aromatic heterocycles. The van der Waals surface area contributed by atoms with Gasteiger partial charge in [0.25, 0.3) is 0 Å². The quantitative estimate of drug-likeness (QED) is 0.670. The van der Waals surface area contributed by atoms with E-state index in [1.165, 1.54) is 25.3 Å². The Morgan fingerprint density at radius 3 is 2.43 bits per heavy atom. The molecule has 1 amide bonds. The molecule has 0 saturated carbocycles. The maximum atomic E-state index is 13.4. The van der Waals surface area contributed by atoms with Crippen molar-refractivity contribution in [2.45, 2.75) is 51.9 Å². The first-order valence-electron chi connectivity index (χ1n) is 7.37. The lowest BCUT2D eigenvalue weighted by atomic mass is 10.1. The minimum absolute atomic E-state index is 0.173. The Balaban J connectivity index is 2.34. The van der Waals surface area contributed by atoms with Crippen LogP contribution in [0.25, 0.3) is 0 Å². The second-order valence-corrected chi connectivity index (χ2v) is 5.07. The number of unbranched alkanes of at least 4 members (excludes halogenated alkanes) is 5. The summed E-state index contributed by atoms with van der Waals surface area (Å²) in [5.74, 6) is -2.34. The summed E-state index contributed by atoms with van der Waals surface area (Å²) in [6.45, 7) is 2.15. The van der Waals surface area contributed by atoms with Crippen molar-refractivity contribution in [3.8, 4) is 0 Å². The minimum atomic E-state index is -1.32. The third-order valence-corrected chi connectivity index (χ3v) is 3.24. The zero-order valence-electron chi connectivity index (χ0n) is 12.3. The molecule has 0 aliphatic carbocycles. The van der Waals surface area contributed by atoms with E-state index in [9.17, 15) is 14.0 Å². The van der Waals surface area contributed by atoms with Crippen LogP contribution in [0.1, 0.15) is 62.2 Å². The molecule has 0 bridgehead atoms. The van der Waals surface area contributed by atoms with Crippen LogP contribution in [0.2, 0.25) is 0 Å². The highest BCUT2D eigenvalue weighted by Gasteiger charge is 2.11. The van der Waals surface area contributed by atoms with Gasteiger partial charge in [0, 0.05) is 12.1 Å². The highest BCUT2D eigenvalue weighted by Crippen LogP contribution is 2.15. The zero-order chi connectivity index (χ0) is 15.7. The Morgan fingerprint density at radius 2 is 1.81 bits per heavy atom. The first kappa shape index (κ1) is 17.1. The number of carbonyl (C=O) groups is 2. The lowest BCUT2D eigenvalue weighted by Crippen LogP contribution is -2.12. The second kappa shape index (κ2) is 9.10. The van der Waals surface area contributed by atoms with Crippen molar-refractivity contribution in [3.63, 3.8) is 0 Å². The average molecular weight is 295 g/mol. The average Bonchev–Trinajstić information content (AvgIpc) is 2.42. The number of benzene rings is 1. The number of carboxylic acid groups (broad SMARTS) is 1. The van der Waals surface area contributed by atoms with E-state index < -0.39 is 17.3 Å². The Morgan fingerprint density at radius 1 is 1.14 bits per heavy atom. The third-order valence-electron chi connectivity index (χ3n) is 3.24. The number of anilines is 1. The molecule has 0 aliphatic rings. The largest absolute Gasteiger partial charge is 0.478 e. The van der Waals surface area contributed by atoms with Crippen LogP contribution in [0.3, 0.4) is 0 Å². The number of rotatable bonds is 9. The van der Waals surface area contributed by atoms with Crippen molar-refractivity contribution in [3.05, 3.63) is 29.6 Å². The molecule has 1 aromatic rings. The smallest absolute Gasteiger partial charge is 0.338 e. The predicted octanol–water partition coefficient (Wildman–Crippen LogP) is 4.21. The Labute approximate surface area is 124 Å². The summed E-state index contributed by atoms with van der Waals surface area (Å²) in [4.78, 5) is 22.4. The van der Waals surface area contributed by atoms with Crippen LogP contribution in [-0.2, 0) is 4.79 Å². The second-order valence-electron chi connectivity index (χ2n) is 5.07. The SMILES string of the molecule is CCCCCCCCC(=O)Nc1ccc(C(=O)O)c(F)c1. The first-order chi connectivity index (χ1) is 10.0. The predicted molar refractivity (Wildman–Crippen MR) is 80.0 cm³/mol. The zero-order valence-corrected chi connectivity index (χ0v) is 12.3. The van der Waals surface area contributed by atoms with Crippen molar-refractivity contribution in [1.82, 2.24) is 0 Å². The van der Waals surface area contributed by atoms with Gasteiger partial charge >= 0.3 is 5.97 Å². The molecule has 0 unspecified atom stereocenters. The summed E-state index contributed by atoms with van der Waals surface area (Å²) in [6.07, 6.45) is 6.96. The molecule has 1 aromatic carbocycles. The maximum Gasteiger partial charge on any atom is 0.338 e. The molecule has 0 heterocycles. The molecule has 21 heavy (non-hydrogen) atoms. The summed E-state index contributed by atoms with van der Waals surface area (Å²) < 4.78 is 13.4. The van der Waals surface area contributed by atoms with Gasteiger partial charge in [-0.15, -0.1) is 0 Å². The molecular weight excluding hydrogens is 273 g/mol. The highest BCUT2D eigenvalue weighted by atomic mass is 19.1. The van der Waals surface area contributed by atoms with E-state index in [-0.39, 0.29) is 11.6 Å². The van der Waals surface area contributed by atoms with Gasteiger partial charge in [-0.3, -0.25) is 4.79 Å². The van der Waals surface area contributed by atoms with E-state index in [0.29, 0.717) is 6.42 Å². The summed E-state index contributed by atoms with van der Waals surface area (Å²) in [7, 11) is 0. The Hall–Kier alpha value is -1.91. The molecule has 1 rings (SSSR count). The van der Waals surface area contributed by atoms with E-state index in [4.69, 9.17) is 5.11 Å². The van der Waals surface area contributed by atoms with Crippen molar-refractivity contribution in [2.24, 2.45) is 0 Å². The Bertz CT molecular complexity index is 488. The number of aromatic carboxylic acids is 1. The molecule has 4 nitrogen and oxygen atoms in total. The highest BCUT2D eigenvalue weighted by molar-refractivity contribution is 5.92. The van der Waals surface area contributed by atoms with Gasteiger partial charge in [0.2, 0.25) is 5.91 Å².